The molecule has 1 amide bonds. The molecule has 0 radical (unpaired) electrons. The molecule has 1 aromatic carbocycles. The number of hydrogen-bond donors (Lipinski definition) is 1. The largest absolute Gasteiger partial charge is 0.497 e. The second-order valence-corrected chi connectivity index (χ2v) is 7.52. The maximum atomic E-state index is 12.4. The number of rotatable bonds is 7. The fourth-order valence-electron chi connectivity index (χ4n) is 3.26. The van der Waals surface area contributed by atoms with Crippen molar-refractivity contribution in [3.05, 3.63) is 52.2 Å². The van der Waals surface area contributed by atoms with Gasteiger partial charge >= 0.3 is 0 Å². The minimum absolute atomic E-state index is 0.0597. The van der Waals surface area contributed by atoms with Crippen LogP contribution >= 0.6 is 11.3 Å². The van der Waals surface area contributed by atoms with Crippen molar-refractivity contribution in [1.29, 1.82) is 0 Å². The average molecular weight is 374 g/mol. The second-order valence-electron chi connectivity index (χ2n) is 6.74. The van der Waals surface area contributed by atoms with Gasteiger partial charge in [-0.25, -0.2) is 0 Å². The molecule has 1 fully saturated rings. The van der Waals surface area contributed by atoms with Gasteiger partial charge < -0.3 is 15.0 Å². The number of hydrogen-bond acceptors (Lipinski definition) is 5. The highest BCUT2D eigenvalue weighted by atomic mass is 32.1. The van der Waals surface area contributed by atoms with E-state index in [0.717, 1.165) is 37.5 Å². The molecule has 6 heteroatoms. The number of ether oxygens (including phenoxy) is 1. The Morgan fingerprint density at radius 2 is 1.92 bits per heavy atom. The van der Waals surface area contributed by atoms with Gasteiger partial charge in [0, 0.05) is 32.7 Å². The summed E-state index contributed by atoms with van der Waals surface area (Å²) in [5, 5.41) is 7.44. The molecule has 1 aliphatic heterocycles. The molecule has 0 spiro atoms. The van der Waals surface area contributed by atoms with Gasteiger partial charge in [0.2, 0.25) is 5.91 Å². The predicted molar refractivity (Wildman–Crippen MR) is 106 cm³/mol. The molecule has 1 unspecified atom stereocenters. The number of carbonyl (C=O) groups is 1. The van der Waals surface area contributed by atoms with Gasteiger partial charge in [0.25, 0.3) is 0 Å². The van der Waals surface area contributed by atoms with Crippen molar-refractivity contribution in [2.75, 3.05) is 46.9 Å². The number of amides is 1. The highest BCUT2D eigenvalue weighted by Gasteiger charge is 2.24. The van der Waals surface area contributed by atoms with Gasteiger partial charge in [-0.1, -0.05) is 12.1 Å². The molecule has 2 heterocycles. The lowest BCUT2D eigenvalue weighted by molar-refractivity contribution is -0.120. The van der Waals surface area contributed by atoms with E-state index in [9.17, 15) is 4.79 Å². The molecular formula is C20H27N3O2S. The van der Waals surface area contributed by atoms with Crippen molar-refractivity contribution >= 4 is 17.2 Å². The number of likely N-dealkylation sites (N-methyl/N-ethyl adjacent to an activating group) is 1. The van der Waals surface area contributed by atoms with Crippen LogP contribution < -0.4 is 10.1 Å². The highest BCUT2D eigenvalue weighted by Crippen LogP contribution is 2.23. The lowest BCUT2D eigenvalue weighted by Gasteiger charge is -2.38. The van der Waals surface area contributed by atoms with Crippen molar-refractivity contribution in [2.24, 2.45) is 0 Å². The first-order chi connectivity index (χ1) is 12.7. The van der Waals surface area contributed by atoms with E-state index < -0.39 is 0 Å². The number of benzene rings is 1. The molecule has 26 heavy (non-hydrogen) atoms. The van der Waals surface area contributed by atoms with Crippen LogP contribution in [0.4, 0.5) is 0 Å². The quantitative estimate of drug-likeness (QED) is 0.810. The lowest BCUT2D eigenvalue weighted by Crippen LogP contribution is -2.48. The Morgan fingerprint density at radius 3 is 2.54 bits per heavy atom. The summed E-state index contributed by atoms with van der Waals surface area (Å²) in [4.78, 5) is 17.2. The molecule has 0 aliphatic carbocycles. The number of methoxy groups -OCH3 is 1. The van der Waals surface area contributed by atoms with Crippen LogP contribution in [0.1, 0.15) is 17.2 Å². The fraction of sp³-hybridized carbons (Fsp3) is 0.450. The Bertz CT molecular complexity index is 680. The van der Waals surface area contributed by atoms with Crippen LogP contribution in [0.3, 0.4) is 0 Å². The second kappa shape index (κ2) is 9.16. The number of carbonyl (C=O) groups excluding carboxylic acids is 1. The Morgan fingerprint density at radius 1 is 1.19 bits per heavy atom. The van der Waals surface area contributed by atoms with E-state index in [4.69, 9.17) is 4.74 Å². The standard InChI is InChI=1S/C20H27N3O2S/c1-22-8-10-23(11-9-22)19(17-7-12-26-15-17)14-21-20(24)13-16-3-5-18(25-2)6-4-16/h3-7,12,15,19H,8-11,13-14H2,1-2H3,(H,21,24). The number of thiophene rings is 1. The van der Waals surface area contributed by atoms with Crippen molar-refractivity contribution in [2.45, 2.75) is 12.5 Å². The summed E-state index contributed by atoms with van der Waals surface area (Å²) in [5.74, 6) is 0.867. The van der Waals surface area contributed by atoms with E-state index in [1.54, 1.807) is 18.4 Å². The van der Waals surface area contributed by atoms with E-state index in [-0.39, 0.29) is 11.9 Å². The molecule has 1 N–H and O–H groups in total. The maximum absolute atomic E-state index is 12.4. The fourth-order valence-corrected chi connectivity index (χ4v) is 3.96. The van der Waals surface area contributed by atoms with Gasteiger partial charge in [0.1, 0.15) is 5.75 Å². The van der Waals surface area contributed by atoms with E-state index in [1.165, 1.54) is 5.56 Å². The Hall–Kier alpha value is -1.89. The molecule has 1 aliphatic rings. The van der Waals surface area contributed by atoms with Crippen LogP contribution in [0.2, 0.25) is 0 Å². The predicted octanol–water partition coefficient (Wildman–Crippen LogP) is 2.40. The summed E-state index contributed by atoms with van der Waals surface area (Å²) in [6, 6.07) is 10.1. The van der Waals surface area contributed by atoms with Crippen molar-refractivity contribution in [1.82, 2.24) is 15.1 Å². The number of nitrogens with zero attached hydrogens (tertiary/aromatic N) is 2. The summed E-state index contributed by atoms with van der Waals surface area (Å²) < 4.78 is 5.16. The lowest BCUT2D eigenvalue weighted by atomic mass is 10.1. The van der Waals surface area contributed by atoms with Crippen LogP contribution in [0.25, 0.3) is 0 Å². The smallest absolute Gasteiger partial charge is 0.224 e. The normalized spacial score (nSPS) is 17.0. The summed E-state index contributed by atoms with van der Waals surface area (Å²) in [5.41, 5.74) is 2.29. The molecule has 0 saturated carbocycles. The van der Waals surface area contributed by atoms with Crippen molar-refractivity contribution in [3.63, 3.8) is 0 Å². The van der Waals surface area contributed by atoms with Gasteiger partial charge in [-0.2, -0.15) is 11.3 Å². The zero-order valence-corrected chi connectivity index (χ0v) is 16.3. The van der Waals surface area contributed by atoms with Crippen LogP contribution in [-0.4, -0.2) is 62.6 Å². The molecule has 3 rings (SSSR count). The van der Waals surface area contributed by atoms with E-state index >= 15 is 0 Å². The van der Waals surface area contributed by atoms with Crippen LogP contribution in [0, 0.1) is 0 Å². The van der Waals surface area contributed by atoms with Gasteiger partial charge in [-0.3, -0.25) is 9.69 Å². The van der Waals surface area contributed by atoms with Crippen LogP contribution in [0.5, 0.6) is 5.75 Å². The van der Waals surface area contributed by atoms with Crippen LogP contribution in [0.15, 0.2) is 41.1 Å². The van der Waals surface area contributed by atoms with E-state index in [1.807, 2.05) is 24.3 Å². The zero-order valence-electron chi connectivity index (χ0n) is 15.5. The van der Waals surface area contributed by atoms with Gasteiger partial charge in [0.15, 0.2) is 0 Å². The minimum Gasteiger partial charge on any atom is -0.497 e. The first kappa shape index (κ1) is 18.9. The molecule has 1 atom stereocenters. The van der Waals surface area contributed by atoms with Crippen molar-refractivity contribution in [3.8, 4) is 5.75 Å². The first-order valence-electron chi connectivity index (χ1n) is 9.00. The first-order valence-corrected chi connectivity index (χ1v) is 9.94. The van der Waals surface area contributed by atoms with E-state index in [2.05, 4.69) is 39.0 Å². The third-order valence-corrected chi connectivity index (χ3v) is 5.62. The average Bonchev–Trinajstić information content (AvgIpc) is 3.18. The minimum atomic E-state index is 0.0597. The maximum Gasteiger partial charge on any atom is 0.224 e. The molecule has 2 aromatic rings. The summed E-state index contributed by atoms with van der Waals surface area (Å²) in [6.45, 7) is 4.85. The monoisotopic (exact) mass is 373 g/mol. The van der Waals surface area contributed by atoms with Gasteiger partial charge in [-0.05, 0) is 47.1 Å². The topological polar surface area (TPSA) is 44.8 Å². The zero-order chi connectivity index (χ0) is 18.4. The van der Waals surface area contributed by atoms with Gasteiger partial charge in [0.05, 0.1) is 19.6 Å². The Labute approximate surface area is 159 Å². The molecule has 0 bridgehead atoms. The molecule has 140 valence electrons. The van der Waals surface area contributed by atoms with Crippen LogP contribution in [-0.2, 0) is 11.2 Å². The third-order valence-electron chi connectivity index (χ3n) is 4.92. The third kappa shape index (κ3) is 5.06. The summed E-state index contributed by atoms with van der Waals surface area (Å²) in [7, 11) is 3.80. The number of nitrogens with one attached hydrogen (secondary N) is 1. The van der Waals surface area contributed by atoms with Gasteiger partial charge in [-0.15, -0.1) is 0 Å². The summed E-state index contributed by atoms with van der Waals surface area (Å²) >= 11 is 1.71. The number of piperazine rings is 1. The Kier molecular flexibility index (Phi) is 6.66. The van der Waals surface area contributed by atoms with Crippen molar-refractivity contribution < 1.29 is 9.53 Å². The SMILES string of the molecule is COc1ccc(CC(=O)NCC(c2ccsc2)N2CCN(C)CC2)cc1. The van der Waals surface area contributed by atoms with E-state index in [0.29, 0.717) is 13.0 Å². The molecule has 5 nitrogen and oxygen atoms in total. The Balaban J connectivity index is 1.57. The highest BCUT2D eigenvalue weighted by molar-refractivity contribution is 7.07. The summed E-state index contributed by atoms with van der Waals surface area (Å²) in [6.07, 6.45) is 0.392. The molecule has 1 aromatic heterocycles. The molecule has 1 saturated heterocycles. The molecular weight excluding hydrogens is 346 g/mol.